The molecule has 0 fully saturated rings. The molecule has 0 spiro atoms. The Hall–Kier alpha value is -1.51. The van der Waals surface area contributed by atoms with Gasteiger partial charge in [-0.3, -0.25) is 0 Å². The van der Waals surface area contributed by atoms with Crippen molar-refractivity contribution in [2.75, 3.05) is 0 Å². The smallest absolute Gasteiger partial charge is 0.408 e. The Kier molecular flexibility index (Phi) is 3.81. The van der Waals surface area contributed by atoms with Crippen LogP contribution >= 0.6 is 0 Å². The van der Waals surface area contributed by atoms with Crippen LogP contribution in [0.2, 0.25) is 0 Å². The lowest BCUT2D eigenvalue weighted by molar-refractivity contribution is 0.0470. The molecule has 1 aromatic carbocycles. The summed E-state index contributed by atoms with van der Waals surface area (Å²) in [6.07, 6.45) is -0.407. The molecule has 93 valence electrons. The van der Waals surface area contributed by atoms with Crippen molar-refractivity contribution < 1.29 is 9.53 Å². The molecule has 0 heterocycles. The Labute approximate surface area is 103 Å². The third kappa shape index (κ3) is 4.47. The summed E-state index contributed by atoms with van der Waals surface area (Å²) < 4.78 is 5.24. The maximum absolute atomic E-state index is 11.7. The van der Waals surface area contributed by atoms with Gasteiger partial charge in [0.2, 0.25) is 0 Å². The normalized spacial score (nSPS) is 12.1. The van der Waals surface area contributed by atoms with Crippen LogP contribution in [0, 0.1) is 6.07 Å². The summed E-state index contributed by atoms with van der Waals surface area (Å²) in [5.74, 6) is 0. The van der Waals surface area contributed by atoms with E-state index in [4.69, 9.17) is 4.74 Å². The molecule has 1 rings (SSSR count). The van der Waals surface area contributed by atoms with Crippen molar-refractivity contribution in [1.29, 1.82) is 0 Å². The molecular weight excluding hydrogens is 214 g/mol. The number of ether oxygens (including phenoxy) is 1. The van der Waals surface area contributed by atoms with Gasteiger partial charge in [-0.1, -0.05) is 24.3 Å². The predicted molar refractivity (Wildman–Crippen MR) is 67.7 cm³/mol. The van der Waals surface area contributed by atoms with E-state index in [0.717, 1.165) is 5.56 Å². The highest BCUT2D eigenvalue weighted by atomic mass is 16.6. The molecule has 1 radical (unpaired) electrons. The van der Waals surface area contributed by atoms with Crippen LogP contribution in [-0.2, 0) is 10.3 Å². The molecule has 3 nitrogen and oxygen atoms in total. The molecule has 0 aliphatic rings. The second-order valence-electron chi connectivity index (χ2n) is 5.54. The summed E-state index contributed by atoms with van der Waals surface area (Å²) in [6, 6.07) is 10.5. The number of nitrogens with one attached hydrogen (secondary N) is 1. The average Bonchev–Trinajstić information content (AvgIpc) is 2.15. The van der Waals surface area contributed by atoms with Crippen molar-refractivity contribution in [1.82, 2.24) is 5.32 Å². The van der Waals surface area contributed by atoms with E-state index in [0.29, 0.717) is 0 Å². The molecule has 1 aromatic rings. The van der Waals surface area contributed by atoms with Gasteiger partial charge in [-0.25, -0.2) is 4.79 Å². The molecule has 0 aromatic heterocycles. The first-order chi connectivity index (χ1) is 7.71. The van der Waals surface area contributed by atoms with Crippen LogP contribution in [0.4, 0.5) is 4.79 Å². The summed E-state index contributed by atoms with van der Waals surface area (Å²) >= 11 is 0. The van der Waals surface area contributed by atoms with Crippen molar-refractivity contribution in [3.05, 3.63) is 35.9 Å². The van der Waals surface area contributed by atoms with Crippen molar-refractivity contribution in [2.45, 2.75) is 45.8 Å². The Balaban J connectivity index is 2.71. The van der Waals surface area contributed by atoms with Gasteiger partial charge in [-0.2, -0.15) is 0 Å². The number of hydrogen-bond acceptors (Lipinski definition) is 2. The third-order valence-corrected chi connectivity index (χ3v) is 2.25. The second-order valence-corrected chi connectivity index (χ2v) is 5.54. The molecule has 0 bridgehead atoms. The van der Waals surface area contributed by atoms with E-state index < -0.39 is 17.2 Å². The van der Waals surface area contributed by atoms with Crippen LogP contribution in [0.15, 0.2) is 24.3 Å². The fraction of sp³-hybridized carbons (Fsp3) is 0.500. The molecule has 0 aliphatic carbocycles. The fourth-order valence-electron chi connectivity index (χ4n) is 1.43. The van der Waals surface area contributed by atoms with Gasteiger partial charge in [0.25, 0.3) is 0 Å². The zero-order valence-corrected chi connectivity index (χ0v) is 11.1. The molecule has 0 unspecified atom stereocenters. The molecule has 0 aliphatic heterocycles. The monoisotopic (exact) mass is 234 g/mol. The lowest BCUT2D eigenvalue weighted by Gasteiger charge is -2.29. The van der Waals surface area contributed by atoms with Crippen LogP contribution in [0.5, 0.6) is 0 Å². The molecular formula is C14H20NO2. The van der Waals surface area contributed by atoms with Crippen molar-refractivity contribution in [3.63, 3.8) is 0 Å². The standard InChI is InChI=1S/C14H20NO2/c1-13(2,3)17-12(16)15-14(4,5)11-9-7-6-8-10-11/h7-10H,1-5H3,(H,15,16). The maximum Gasteiger partial charge on any atom is 0.408 e. The van der Waals surface area contributed by atoms with E-state index in [9.17, 15) is 4.79 Å². The van der Waals surface area contributed by atoms with Crippen LogP contribution in [0.25, 0.3) is 0 Å². The summed E-state index contributed by atoms with van der Waals surface area (Å²) in [7, 11) is 0. The SMILES string of the molecule is CC(C)(C)OC(=O)NC(C)(C)c1cc[c]cc1. The molecule has 0 atom stereocenters. The van der Waals surface area contributed by atoms with Gasteiger partial charge >= 0.3 is 6.09 Å². The first kappa shape index (κ1) is 13.6. The minimum absolute atomic E-state index is 0.407. The topological polar surface area (TPSA) is 38.3 Å². The average molecular weight is 234 g/mol. The Morgan fingerprint density at radius 2 is 1.71 bits per heavy atom. The van der Waals surface area contributed by atoms with Crippen molar-refractivity contribution in [3.8, 4) is 0 Å². The Morgan fingerprint density at radius 3 is 2.18 bits per heavy atom. The van der Waals surface area contributed by atoms with E-state index in [-0.39, 0.29) is 0 Å². The zero-order valence-electron chi connectivity index (χ0n) is 11.1. The van der Waals surface area contributed by atoms with Gasteiger partial charge in [-0.15, -0.1) is 0 Å². The lowest BCUT2D eigenvalue weighted by atomic mass is 9.95. The van der Waals surface area contributed by atoms with Gasteiger partial charge in [0.05, 0.1) is 5.54 Å². The van der Waals surface area contributed by atoms with E-state index in [1.165, 1.54) is 0 Å². The molecule has 17 heavy (non-hydrogen) atoms. The maximum atomic E-state index is 11.7. The quantitative estimate of drug-likeness (QED) is 0.853. The summed E-state index contributed by atoms with van der Waals surface area (Å²) in [4.78, 5) is 11.7. The van der Waals surface area contributed by atoms with Gasteiger partial charge in [0.15, 0.2) is 0 Å². The summed E-state index contributed by atoms with van der Waals surface area (Å²) in [5, 5.41) is 2.85. The third-order valence-electron chi connectivity index (χ3n) is 2.25. The Morgan fingerprint density at radius 1 is 1.18 bits per heavy atom. The fourth-order valence-corrected chi connectivity index (χ4v) is 1.43. The lowest BCUT2D eigenvalue weighted by Crippen LogP contribution is -2.43. The summed E-state index contributed by atoms with van der Waals surface area (Å²) in [5.41, 5.74) is 0.0734. The predicted octanol–water partition coefficient (Wildman–Crippen LogP) is 3.25. The zero-order chi connectivity index (χ0) is 13.1. The number of rotatable bonds is 2. The Bertz CT molecular complexity index is 377. The first-order valence-electron chi connectivity index (χ1n) is 5.68. The molecule has 3 heteroatoms. The van der Waals surface area contributed by atoms with E-state index in [1.807, 2.05) is 58.9 Å². The second kappa shape index (κ2) is 4.78. The van der Waals surface area contributed by atoms with Gasteiger partial charge < -0.3 is 10.1 Å². The number of hydrogen-bond donors (Lipinski definition) is 1. The number of benzene rings is 1. The number of alkyl carbamates (subject to hydrolysis) is 1. The van der Waals surface area contributed by atoms with Crippen LogP contribution < -0.4 is 5.32 Å². The van der Waals surface area contributed by atoms with E-state index >= 15 is 0 Å². The van der Waals surface area contributed by atoms with E-state index in [2.05, 4.69) is 11.4 Å². The van der Waals surface area contributed by atoms with Gasteiger partial charge in [-0.05, 0) is 46.2 Å². The van der Waals surface area contributed by atoms with Gasteiger partial charge in [0.1, 0.15) is 5.60 Å². The number of amides is 1. The summed E-state index contributed by atoms with van der Waals surface area (Å²) in [6.45, 7) is 9.41. The molecule has 1 N–H and O–H groups in total. The van der Waals surface area contributed by atoms with Gasteiger partial charge in [0, 0.05) is 0 Å². The minimum Gasteiger partial charge on any atom is -0.444 e. The highest BCUT2D eigenvalue weighted by Gasteiger charge is 2.25. The van der Waals surface area contributed by atoms with Crippen molar-refractivity contribution in [2.24, 2.45) is 0 Å². The highest BCUT2D eigenvalue weighted by molar-refractivity contribution is 5.69. The van der Waals surface area contributed by atoms with Crippen molar-refractivity contribution >= 4 is 6.09 Å². The van der Waals surface area contributed by atoms with Crippen LogP contribution in [0.3, 0.4) is 0 Å². The molecule has 1 amide bonds. The minimum atomic E-state index is -0.482. The van der Waals surface area contributed by atoms with E-state index in [1.54, 1.807) is 0 Å². The highest BCUT2D eigenvalue weighted by Crippen LogP contribution is 2.20. The largest absolute Gasteiger partial charge is 0.444 e. The number of carbonyl (C=O) groups is 1. The molecule has 0 saturated heterocycles. The number of carbonyl (C=O) groups excluding carboxylic acids is 1. The van der Waals surface area contributed by atoms with Crippen LogP contribution in [0.1, 0.15) is 40.2 Å². The van der Waals surface area contributed by atoms with Crippen LogP contribution in [-0.4, -0.2) is 11.7 Å². The molecule has 0 saturated carbocycles. The first-order valence-corrected chi connectivity index (χ1v) is 5.68.